The number of sulfonamides is 1. The van der Waals surface area contributed by atoms with Gasteiger partial charge in [0.2, 0.25) is 5.91 Å². The zero-order valence-electron chi connectivity index (χ0n) is 13.4. The van der Waals surface area contributed by atoms with Gasteiger partial charge in [0.1, 0.15) is 0 Å². The van der Waals surface area contributed by atoms with Crippen LogP contribution in [0.15, 0.2) is 71.9 Å². The summed E-state index contributed by atoms with van der Waals surface area (Å²) in [5.74, 6) is -0.189. The van der Waals surface area contributed by atoms with Crippen molar-refractivity contribution in [3.63, 3.8) is 0 Å². The van der Waals surface area contributed by atoms with Crippen molar-refractivity contribution in [2.45, 2.75) is 11.8 Å². The molecule has 0 bridgehead atoms. The van der Waals surface area contributed by atoms with Gasteiger partial charge in [-0.2, -0.15) is 5.10 Å². The Labute approximate surface area is 145 Å². The van der Waals surface area contributed by atoms with Crippen molar-refractivity contribution in [2.24, 2.45) is 0 Å². The Bertz CT molecular complexity index is 964. The first-order chi connectivity index (χ1) is 11.9. The van der Waals surface area contributed by atoms with Crippen molar-refractivity contribution in [1.29, 1.82) is 0 Å². The van der Waals surface area contributed by atoms with Crippen molar-refractivity contribution >= 4 is 27.3 Å². The molecule has 0 aliphatic rings. The second-order valence-electron chi connectivity index (χ2n) is 5.31. The second-order valence-corrected chi connectivity index (χ2v) is 6.99. The van der Waals surface area contributed by atoms with E-state index < -0.39 is 10.0 Å². The largest absolute Gasteiger partial charge is 0.326 e. The lowest BCUT2D eigenvalue weighted by Gasteiger charge is -2.10. The molecule has 7 nitrogen and oxygen atoms in total. The van der Waals surface area contributed by atoms with E-state index in [1.54, 1.807) is 59.5 Å². The van der Waals surface area contributed by atoms with Gasteiger partial charge < -0.3 is 5.32 Å². The summed E-state index contributed by atoms with van der Waals surface area (Å²) in [6.45, 7) is 1.41. The van der Waals surface area contributed by atoms with E-state index in [0.717, 1.165) is 5.69 Å². The third kappa shape index (κ3) is 4.04. The van der Waals surface area contributed by atoms with Crippen molar-refractivity contribution in [2.75, 3.05) is 10.0 Å². The molecule has 0 aliphatic heterocycles. The molecule has 1 heterocycles. The topological polar surface area (TPSA) is 93.1 Å². The summed E-state index contributed by atoms with van der Waals surface area (Å²) in [5.41, 5.74) is 1.77. The van der Waals surface area contributed by atoms with E-state index in [1.165, 1.54) is 19.1 Å². The number of carbonyl (C=O) groups is 1. The van der Waals surface area contributed by atoms with Crippen LogP contribution < -0.4 is 10.0 Å². The SMILES string of the molecule is CC(=O)Nc1ccc(NS(=O)(=O)c2ccc(-n3cccn3)cc2)cc1. The quantitative estimate of drug-likeness (QED) is 0.735. The van der Waals surface area contributed by atoms with Crippen molar-refractivity contribution < 1.29 is 13.2 Å². The third-order valence-electron chi connectivity index (χ3n) is 3.37. The predicted molar refractivity (Wildman–Crippen MR) is 95.1 cm³/mol. The molecule has 2 N–H and O–H groups in total. The fraction of sp³-hybridized carbons (Fsp3) is 0.0588. The summed E-state index contributed by atoms with van der Waals surface area (Å²) in [5, 5.41) is 6.72. The number of nitrogens with zero attached hydrogens (tertiary/aromatic N) is 2. The Hall–Kier alpha value is -3.13. The summed E-state index contributed by atoms with van der Waals surface area (Å²) in [6, 6.07) is 14.6. The third-order valence-corrected chi connectivity index (χ3v) is 4.77. The summed E-state index contributed by atoms with van der Waals surface area (Å²) < 4.78 is 29.1. The van der Waals surface area contributed by atoms with Gasteiger partial charge in [-0.1, -0.05) is 0 Å². The standard InChI is InChI=1S/C17H16N4O3S/c1-13(22)19-14-3-5-15(6-4-14)20-25(23,24)17-9-7-16(8-10-17)21-12-2-11-18-21/h2-12,20H,1H3,(H,19,22). The predicted octanol–water partition coefficient (Wildman–Crippen LogP) is 2.63. The van der Waals surface area contributed by atoms with Gasteiger partial charge in [-0.15, -0.1) is 0 Å². The Balaban J connectivity index is 1.76. The van der Waals surface area contributed by atoms with Gasteiger partial charge in [0.25, 0.3) is 10.0 Å². The minimum atomic E-state index is -3.70. The molecule has 0 aliphatic carbocycles. The van der Waals surface area contributed by atoms with E-state index in [9.17, 15) is 13.2 Å². The highest BCUT2D eigenvalue weighted by atomic mass is 32.2. The van der Waals surface area contributed by atoms with Gasteiger partial charge in [-0.05, 0) is 54.6 Å². The van der Waals surface area contributed by atoms with Gasteiger partial charge in [0.05, 0.1) is 10.6 Å². The van der Waals surface area contributed by atoms with E-state index in [-0.39, 0.29) is 10.8 Å². The van der Waals surface area contributed by atoms with Crippen LogP contribution in [0.4, 0.5) is 11.4 Å². The van der Waals surface area contributed by atoms with Crippen LogP contribution in [0.1, 0.15) is 6.92 Å². The van der Waals surface area contributed by atoms with E-state index in [2.05, 4.69) is 15.1 Å². The molecule has 1 aromatic heterocycles. The maximum atomic E-state index is 12.5. The number of aromatic nitrogens is 2. The molecule has 3 rings (SSSR count). The summed E-state index contributed by atoms with van der Waals surface area (Å²) in [7, 11) is -3.70. The molecule has 0 fully saturated rings. The van der Waals surface area contributed by atoms with Crippen LogP contribution in [0.25, 0.3) is 5.69 Å². The first-order valence-corrected chi connectivity index (χ1v) is 8.93. The van der Waals surface area contributed by atoms with Gasteiger partial charge >= 0.3 is 0 Å². The molecule has 128 valence electrons. The minimum absolute atomic E-state index is 0.148. The zero-order valence-corrected chi connectivity index (χ0v) is 14.2. The molecule has 0 saturated carbocycles. The van der Waals surface area contributed by atoms with Crippen LogP contribution >= 0.6 is 0 Å². The van der Waals surface area contributed by atoms with Crippen molar-refractivity contribution in [1.82, 2.24) is 9.78 Å². The van der Waals surface area contributed by atoms with Crippen molar-refractivity contribution in [3.05, 3.63) is 67.0 Å². The molecule has 0 unspecified atom stereocenters. The van der Waals surface area contributed by atoms with E-state index in [1.807, 2.05) is 0 Å². The highest BCUT2D eigenvalue weighted by Crippen LogP contribution is 2.19. The molecule has 0 radical (unpaired) electrons. The van der Waals surface area contributed by atoms with Gasteiger partial charge in [0.15, 0.2) is 0 Å². The molecule has 3 aromatic rings. The Kier molecular flexibility index (Phi) is 4.53. The Morgan fingerprint density at radius 2 is 1.64 bits per heavy atom. The first-order valence-electron chi connectivity index (χ1n) is 7.45. The van der Waals surface area contributed by atoms with Gasteiger partial charge in [-0.25, -0.2) is 13.1 Å². The summed E-state index contributed by atoms with van der Waals surface area (Å²) >= 11 is 0. The fourth-order valence-corrected chi connectivity index (χ4v) is 3.30. The maximum absolute atomic E-state index is 12.5. The fourth-order valence-electron chi connectivity index (χ4n) is 2.24. The average molecular weight is 356 g/mol. The number of hydrogen-bond acceptors (Lipinski definition) is 4. The van der Waals surface area contributed by atoms with Crippen molar-refractivity contribution in [3.8, 4) is 5.69 Å². The number of rotatable bonds is 5. The second kappa shape index (κ2) is 6.78. The number of nitrogens with one attached hydrogen (secondary N) is 2. The lowest BCUT2D eigenvalue weighted by Crippen LogP contribution is -2.13. The van der Waals surface area contributed by atoms with Crippen LogP contribution in [-0.4, -0.2) is 24.1 Å². The summed E-state index contributed by atoms with van der Waals surface area (Å²) in [6.07, 6.45) is 3.43. The highest BCUT2D eigenvalue weighted by molar-refractivity contribution is 7.92. The molecule has 0 saturated heterocycles. The zero-order chi connectivity index (χ0) is 17.9. The number of carbonyl (C=O) groups excluding carboxylic acids is 1. The Morgan fingerprint density at radius 1 is 1.00 bits per heavy atom. The number of amides is 1. The van der Waals surface area contributed by atoms with E-state index >= 15 is 0 Å². The molecule has 0 spiro atoms. The molecular formula is C17H16N4O3S. The van der Waals surface area contributed by atoms with Crippen LogP contribution in [0.5, 0.6) is 0 Å². The smallest absolute Gasteiger partial charge is 0.261 e. The van der Waals surface area contributed by atoms with Crippen LogP contribution in [0.2, 0.25) is 0 Å². The number of hydrogen-bond donors (Lipinski definition) is 2. The Morgan fingerprint density at radius 3 is 2.20 bits per heavy atom. The van der Waals surface area contributed by atoms with Gasteiger partial charge in [0, 0.05) is 30.7 Å². The van der Waals surface area contributed by atoms with Crippen LogP contribution in [0, 0.1) is 0 Å². The van der Waals surface area contributed by atoms with Gasteiger partial charge in [-0.3, -0.25) is 9.52 Å². The van der Waals surface area contributed by atoms with Crippen LogP contribution in [-0.2, 0) is 14.8 Å². The molecule has 25 heavy (non-hydrogen) atoms. The van der Waals surface area contributed by atoms with E-state index in [0.29, 0.717) is 11.4 Å². The molecular weight excluding hydrogens is 340 g/mol. The highest BCUT2D eigenvalue weighted by Gasteiger charge is 2.14. The lowest BCUT2D eigenvalue weighted by atomic mass is 10.3. The summed E-state index contributed by atoms with van der Waals surface area (Å²) in [4.78, 5) is 11.1. The molecule has 2 aromatic carbocycles. The normalized spacial score (nSPS) is 11.1. The lowest BCUT2D eigenvalue weighted by molar-refractivity contribution is -0.114. The monoisotopic (exact) mass is 356 g/mol. The minimum Gasteiger partial charge on any atom is -0.326 e. The average Bonchev–Trinajstić information content (AvgIpc) is 3.11. The molecule has 8 heteroatoms. The number of anilines is 2. The number of benzene rings is 2. The maximum Gasteiger partial charge on any atom is 0.261 e. The molecule has 0 atom stereocenters. The van der Waals surface area contributed by atoms with Crippen LogP contribution in [0.3, 0.4) is 0 Å². The first kappa shape index (κ1) is 16.7. The van der Waals surface area contributed by atoms with E-state index in [4.69, 9.17) is 0 Å². The molecule has 1 amide bonds.